The number of rotatable bonds is 5. The molecule has 0 radical (unpaired) electrons. The van der Waals surface area contributed by atoms with Crippen molar-refractivity contribution in [3.63, 3.8) is 0 Å². The predicted octanol–water partition coefficient (Wildman–Crippen LogP) is 2.48. The van der Waals surface area contributed by atoms with Crippen LogP contribution in [0.4, 0.5) is 4.39 Å². The van der Waals surface area contributed by atoms with Gasteiger partial charge in [0, 0.05) is 16.4 Å². The minimum Gasteiger partial charge on any atom is -0.396 e. The molecule has 1 rings (SSSR count). The Labute approximate surface area is 104 Å². The van der Waals surface area contributed by atoms with E-state index in [1.54, 1.807) is 12.1 Å². The molecule has 0 spiro atoms. The Morgan fingerprint density at radius 1 is 1.50 bits per heavy atom. The van der Waals surface area contributed by atoms with Gasteiger partial charge in [0.1, 0.15) is 5.82 Å². The Kier molecular flexibility index (Phi) is 4.89. The van der Waals surface area contributed by atoms with Crippen LogP contribution in [0.25, 0.3) is 0 Å². The summed E-state index contributed by atoms with van der Waals surface area (Å²) in [4.78, 5) is 0. The largest absolute Gasteiger partial charge is 0.396 e. The zero-order valence-electron chi connectivity index (χ0n) is 9.34. The standard InChI is InChI=1S/C12H17BrFNO/c1-2-12(7-15,8-16)6-9-5-10(13)3-4-11(9)14/h3-5,16H,2,6-8,15H2,1H3. The van der Waals surface area contributed by atoms with Crippen molar-refractivity contribution in [2.75, 3.05) is 13.2 Å². The van der Waals surface area contributed by atoms with Crippen LogP contribution in [0.5, 0.6) is 0 Å². The highest BCUT2D eigenvalue weighted by Gasteiger charge is 2.27. The third-order valence-corrected chi connectivity index (χ3v) is 3.58. The normalized spacial score (nSPS) is 14.8. The van der Waals surface area contributed by atoms with Crippen LogP contribution in [0, 0.1) is 11.2 Å². The summed E-state index contributed by atoms with van der Waals surface area (Å²) in [6, 6.07) is 4.83. The van der Waals surface area contributed by atoms with E-state index in [0.29, 0.717) is 18.5 Å². The van der Waals surface area contributed by atoms with E-state index in [9.17, 15) is 9.50 Å². The summed E-state index contributed by atoms with van der Waals surface area (Å²) < 4.78 is 14.4. The summed E-state index contributed by atoms with van der Waals surface area (Å²) in [5.74, 6) is -0.247. The zero-order valence-corrected chi connectivity index (χ0v) is 10.9. The quantitative estimate of drug-likeness (QED) is 0.875. The maximum absolute atomic E-state index is 13.6. The van der Waals surface area contributed by atoms with Gasteiger partial charge in [-0.05, 0) is 36.6 Å². The molecule has 0 aromatic heterocycles. The Balaban J connectivity index is 2.97. The molecule has 0 aliphatic heterocycles. The lowest BCUT2D eigenvalue weighted by Gasteiger charge is -2.29. The molecule has 1 atom stereocenters. The molecule has 1 unspecified atom stereocenters. The monoisotopic (exact) mass is 289 g/mol. The first-order valence-electron chi connectivity index (χ1n) is 5.32. The second-order valence-electron chi connectivity index (χ2n) is 4.13. The maximum Gasteiger partial charge on any atom is 0.126 e. The molecule has 0 heterocycles. The molecule has 0 fully saturated rings. The van der Waals surface area contributed by atoms with Crippen LogP contribution in [-0.4, -0.2) is 18.3 Å². The Morgan fingerprint density at radius 2 is 2.19 bits per heavy atom. The highest BCUT2D eigenvalue weighted by molar-refractivity contribution is 9.10. The number of aliphatic hydroxyl groups is 1. The van der Waals surface area contributed by atoms with E-state index >= 15 is 0 Å². The Bertz CT molecular complexity index is 345. The van der Waals surface area contributed by atoms with Crippen molar-refractivity contribution in [2.24, 2.45) is 11.1 Å². The fraction of sp³-hybridized carbons (Fsp3) is 0.500. The third-order valence-electron chi connectivity index (χ3n) is 3.09. The topological polar surface area (TPSA) is 46.2 Å². The molecular weight excluding hydrogens is 273 g/mol. The fourth-order valence-corrected chi connectivity index (χ4v) is 2.07. The van der Waals surface area contributed by atoms with Crippen molar-refractivity contribution < 1.29 is 9.50 Å². The maximum atomic E-state index is 13.6. The van der Waals surface area contributed by atoms with Crippen LogP contribution in [0.1, 0.15) is 18.9 Å². The lowest BCUT2D eigenvalue weighted by atomic mass is 9.80. The van der Waals surface area contributed by atoms with E-state index in [2.05, 4.69) is 15.9 Å². The SMILES string of the molecule is CCC(CN)(CO)Cc1cc(Br)ccc1F. The summed E-state index contributed by atoms with van der Waals surface area (Å²) in [6.07, 6.45) is 1.19. The minimum atomic E-state index is -0.415. The molecule has 0 aliphatic rings. The van der Waals surface area contributed by atoms with Gasteiger partial charge >= 0.3 is 0 Å². The highest BCUT2D eigenvalue weighted by Crippen LogP contribution is 2.28. The second-order valence-corrected chi connectivity index (χ2v) is 5.04. The summed E-state index contributed by atoms with van der Waals surface area (Å²) in [6.45, 7) is 2.29. The molecule has 0 amide bonds. The molecule has 0 aliphatic carbocycles. The molecule has 3 N–H and O–H groups in total. The van der Waals surface area contributed by atoms with Crippen molar-refractivity contribution in [3.8, 4) is 0 Å². The Morgan fingerprint density at radius 3 is 2.69 bits per heavy atom. The summed E-state index contributed by atoms with van der Waals surface area (Å²) in [5, 5.41) is 9.38. The Hall–Kier alpha value is -0.450. The zero-order chi connectivity index (χ0) is 12.2. The first-order chi connectivity index (χ1) is 7.56. The predicted molar refractivity (Wildman–Crippen MR) is 66.7 cm³/mol. The number of hydrogen-bond acceptors (Lipinski definition) is 2. The van der Waals surface area contributed by atoms with Crippen molar-refractivity contribution in [2.45, 2.75) is 19.8 Å². The van der Waals surface area contributed by atoms with Crippen LogP contribution in [0.2, 0.25) is 0 Å². The van der Waals surface area contributed by atoms with E-state index in [1.807, 2.05) is 6.92 Å². The average Bonchev–Trinajstić information content (AvgIpc) is 2.31. The van der Waals surface area contributed by atoms with E-state index in [-0.39, 0.29) is 12.4 Å². The smallest absolute Gasteiger partial charge is 0.126 e. The van der Waals surface area contributed by atoms with Gasteiger partial charge in [-0.2, -0.15) is 0 Å². The van der Waals surface area contributed by atoms with E-state index < -0.39 is 5.41 Å². The van der Waals surface area contributed by atoms with Gasteiger partial charge in [-0.25, -0.2) is 4.39 Å². The van der Waals surface area contributed by atoms with E-state index in [4.69, 9.17) is 5.73 Å². The van der Waals surface area contributed by atoms with Crippen LogP contribution in [0.15, 0.2) is 22.7 Å². The van der Waals surface area contributed by atoms with Gasteiger partial charge in [-0.15, -0.1) is 0 Å². The molecule has 0 saturated heterocycles. The van der Waals surface area contributed by atoms with Gasteiger partial charge in [0.25, 0.3) is 0 Å². The number of benzene rings is 1. The van der Waals surface area contributed by atoms with E-state index in [1.165, 1.54) is 6.07 Å². The molecule has 0 bridgehead atoms. The molecular formula is C12H17BrFNO. The number of nitrogens with two attached hydrogens (primary N) is 1. The summed E-state index contributed by atoms with van der Waals surface area (Å²) in [7, 11) is 0. The molecule has 0 saturated carbocycles. The van der Waals surface area contributed by atoms with Crippen molar-refractivity contribution in [3.05, 3.63) is 34.1 Å². The molecule has 1 aromatic carbocycles. The number of halogens is 2. The summed E-state index contributed by atoms with van der Waals surface area (Å²) >= 11 is 3.31. The first kappa shape index (κ1) is 13.6. The van der Waals surface area contributed by atoms with E-state index in [0.717, 1.165) is 10.9 Å². The van der Waals surface area contributed by atoms with Gasteiger partial charge in [0.05, 0.1) is 6.61 Å². The molecule has 90 valence electrons. The van der Waals surface area contributed by atoms with Gasteiger partial charge in [0.15, 0.2) is 0 Å². The van der Waals surface area contributed by atoms with Crippen LogP contribution >= 0.6 is 15.9 Å². The van der Waals surface area contributed by atoms with Crippen LogP contribution in [0.3, 0.4) is 0 Å². The number of hydrogen-bond donors (Lipinski definition) is 2. The lowest BCUT2D eigenvalue weighted by molar-refractivity contribution is 0.126. The van der Waals surface area contributed by atoms with Gasteiger partial charge < -0.3 is 10.8 Å². The van der Waals surface area contributed by atoms with Crippen molar-refractivity contribution in [1.82, 2.24) is 0 Å². The summed E-state index contributed by atoms with van der Waals surface area (Å²) in [5.41, 5.74) is 5.85. The third kappa shape index (κ3) is 3.03. The van der Waals surface area contributed by atoms with Crippen LogP contribution in [-0.2, 0) is 6.42 Å². The number of aliphatic hydroxyl groups excluding tert-OH is 1. The first-order valence-corrected chi connectivity index (χ1v) is 6.11. The minimum absolute atomic E-state index is 0.0219. The van der Waals surface area contributed by atoms with Crippen molar-refractivity contribution >= 4 is 15.9 Å². The van der Waals surface area contributed by atoms with Gasteiger partial charge in [-0.3, -0.25) is 0 Å². The fourth-order valence-electron chi connectivity index (χ4n) is 1.66. The van der Waals surface area contributed by atoms with Crippen LogP contribution < -0.4 is 5.73 Å². The average molecular weight is 290 g/mol. The lowest BCUT2D eigenvalue weighted by Crippen LogP contribution is -2.36. The van der Waals surface area contributed by atoms with Crippen molar-refractivity contribution in [1.29, 1.82) is 0 Å². The molecule has 2 nitrogen and oxygen atoms in total. The molecule has 1 aromatic rings. The van der Waals surface area contributed by atoms with Gasteiger partial charge in [0.2, 0.25) is 0 Å². The highest BCUT2D eigenvalue weighted by atomic mass is 79.9. The second kappa shape index (κ2) is 5.75. The van der Waals surface area contributed by atoms with Gasteiger partial charge in [-0.1, -0.05) is 22.9 Å². The molecule has 4 heteroatoms. The molecule has 16 heavy (non-hydrogen) atoms.